The predicted molar refractivity (Wildman–Crippen MR) is 35.9 cm³/mol. The van der Waals surface area contributed by atoms with Crippen molar-refractivity contribution >= 4 is 0 Å². The summed E-state index contributed by atoms with van der Waals surface area (Å²) >= 11 is 0. The fourth-order valence-corrected chi connectivity index (χ4v) is 0.799. The fraction of sp³-hybridized carbons (Fsp3) is 0.125. The van der Waals surface area contributed by atoms with Crippen LogP contribution in [0.5, 0.6) is 0 Å². The van der Waals surface area contributed by atoms with Crippen molar-refractivity contribution in [2.45, 2.75) is 6.18 Å². The molecule has 0 nitrogen and oxygen atoms in total. The lowest BCUT2D eigenvalue weighted by atomic mass is 10.1. The van der Waals surface area contributed by atoms with Crippen molar-refractivity contribution in [1.29, 1.82) is 0 Å². The van der Waals surface area contributed by atoms with Gasteiger partial charge in [-0.05, 0) is 18.6 Å². The number of hydrogen-bond acceptors (Lipinski definition) is 0. The van der Waals surface area contributed by atoms with E-state index in [2.05, 4.69) is 6.92 Å². The largest absolute Gasteiger partial charge is 0.419 e. The first kappa shape index (κ1) is 9.03. The van der Waals surface area contributed by atoms with Gasteiger partial charge in [0.15, 0.2) is 0 Å². The second kappa shape index (κ2) is 2.77. The molecule has 0 fully saturated rings. The Morgan fingerprint density at radius 1 is 1.17 bits per heavy atom. The second-order valence-corrected chi connectivity index (χ2v) is 2.28. The van der Waals surface area contributed by atoms with Crippen molar-refractivity contribution in [3.63, 3.8) is 0 Å². The molecule has 0 amide bonds. The van der Waals surface area contributed by atoms with Crippen LogP contribution in [0.3, 0.4) is 0 Å². The van der Waals surface area contributed by atoms with E-state index >= 15 is 0 Å². The molecule has 0 saturated heterocycles. The number of rotatable bonds is 0. The maximum atomic E-state index is 12.7. The molecule has 0 aromatic heterocycles. The maximum Gasteiger partial charge on any atom is 0.419 e. The topological polar surface area (TPSA) is 0 Å². The van der Waals surface area contributed by atoms with Crippen LogP contribution in [0.15, 0.2) is 18.2 Å². The van der Waals surface area contributed by atoms with E-state index in [0.29, 0.717) is 6.07 Å². The summed E-state index contributed by atoms with van der Waals surface area (Å²) in [7, 11) is 0. The van der Waals surface area contributed by atoms with Crippen molar-refractivity contribution in [1.82, 2.24) is 0 Å². The molecule has 0 spiro atoms. The molecule has 0 saturated carbocycles. The van der Waals surface area contributed by atoms with Gasteiger partial charge in [-0.25, -0.2) is 4.39 Å². The first-order chi connectivity index (χ1) is 5.43. The van der Waals surface area contributed by atoms with Gasteiger partial charge in [0, 0.05) is 0 Å². The minimum atomic E-state index is -4.64. The highest BCUT2D eigenvalue weighted by Crippen LogP contribution is 2.31. The van der Waals surface area contributed by atoms with Crippen LogP contribution >= 0.6 is 0 Å². The van der Waals surface area contributed by atoms with E-state index < -0.39 is 17.6 Å². The van der Waals surface area contributed by atoms with Crippen LogP contribution in [0.25, 0.3) is 0 Å². The fourth-order valence-electron chi connectivity index (χ4n) is 0.799. The third-order valence-corrected chi connectivity index (χ3v) is 1.38. The average Bonchev–Trinajstić information content (AvgIpc) is 1.92. The lowest BCUT2D eigenvalue weighted by Gasteiger charge is -2.08. The molecule has 1 aromatic rings. The molecule has 0 atom stereocenters. The van der Waals surface area contributed by atoms with Crippen LogP contribution in [-0.4, -0.2) is 0 Å². The van der Waals surface area contributed by atoms with E-state index in [4.69, 9.17) is 0 Å². The standard InChI is InChI=1S/C8H5F4/c1-5-3-2-4-6(7(5)9)8(10,11)12/h2-4H,1H2. The van der Waals surface area contributed by atoms with Crippen molar-refractivity contribution in [2.75, 3.05) is 0 Å². The van der Waals surface area contributed by atoms with Crippen LogP contribution in [0.2, 0.25) is 0 Å². The predicted octanol–water partition coefficient (Wildman–Crippen LogP) is 3.03. The van der Waals surface area contributed by atoms with Crippen LogP contribution < -0.4 is 0 Å². The minimum Gasteiger partial charge on any atom is -0.206 e. The lowest BCUT2D eigenvalue weighted by Crippen LogP contribution is -2.08. The van der Waals surface area contributed by atoms with E-state index in [0.717, 1.165) is 6.07 Å². The molecule has 1 radical (unpaired) electrons. The first-order valence-corrected chi connectivity index (χ1v) is 3.10. The van der Waals surface area contributed by atoms with Crippen molar-refractivity contribution in [2.24, 2.45) is 0 Å². The number of halogens is 4. The summed E-state index contributed by atoms with van der Waals surface area (Å²) in [6.45, 7) is 3.12. The summed E-state index contributed by atoms with van der Waals surface area (Å²) in [4.78, 5) is 0. The summed E-state index contributed by atoms with van der Waals surface area (Å²) in [5.74, 6) is -1.30. The van der Waals surface area contributed by atoms with Gasteiger partial charge in [0.1, 0.15) is 5.82 Å². The summed E-state index contributed by atoms with van der Waals surface area (Å²) in [5, 5.41) is 0. The van der Waals surface area contributed by atoms with Gasteiger partial charge in [-0.2, -0.15) is 13.2 Å². The summed E-state index contributed by atoms with van der Waals surface area (Å²) in [6.07, 6.45) is -4.64. The number of hydrogen-bond donors (Lipinski definition) is 0. The molecule has 0 bridgehead atoms. The minimum absolute atomic E-state index is 0.246. The Morgan fingerprint density at radius 2 is 1.75 bits per heavy atom. The van der Waals surface area contributed by atoms with Gasteiger partial charge in [-0.1, -0.05) is 12.1 Å². The van der Waals surface area contributed by atoms with E-state index in [1.807, 2.05) is 0 Å². The smallest absolute Gasteiger partial charge is 0.206 e. The SMILES string of the molecule is [CH2]c1cccc(C(F)(F)F)c1F. The molecular formula is C8H5F4. The Bertz CT molecular complexity index is 288. The van der Waals surface area contributed by atoms with Crippen LogP contribution in [-0.2, 0) is 6.18 Å². The molecule has 0 aliphatic carbocycles. The Morgan fingerprint density at radius 3 is 2.17 bits per heavy atom. The highest BCUT2D eigenvalue weighted by atomic mass is 19.4. The van der Waals surface area contributed by atoms with Gasteiger partial charge in [0.05, 0.1) is 5.56 Å². The molecule has 1 aromatic carbocycles. The quantitative estimate of drug-likeness (QED) is 0.534. The van der Waals surface area contributed by atoms with Gasteiger partial charge in [-0.3, -0.25) is 0 Å². The molecule has 12 heavy (non-hydrogen) atoms. The van der Waals surface area contributed by atoms with Gasteiger partial charge in [-0.15, -0.1) is 0 Å². The second-order valence-electron chi connectivity index (χ2n) is 2.28. The van der Waals surface area contributed by atoms with Gasteiger partial charge in [0.25, 0.3) is 0 Å². The van der Waals surface area contributed by atoms with Crippen molar-refractivity contribution in [3.8, 4) is 0 Å². The number of benzene rings is 1. The molecule has 0 N–H and O–H groups in total. The van der Waals surface area contributed by atoms with Crippen LogP contribution in [0.4, 0.5) is 17.6 Å². The summed E-state index contributed by atoms with van der Waals surface area (Å²) in [6, 6.07) is 2.99. The van der Waals surface area contributed by atoms with E-state index in [1.54, 1.807) is 0 Å². The normalized spacial score (nSPS) is 11.8. The van der Waals surface area contributed by atoms with E-state index in [9.17, 15) is 17.6 Å². The Balaban J connectivity index is 3.26. The van der Waals surface area contributed by atoms with Gasteiger partial charge in [0.2, 0.25) is 0 Å². The zero-order valence-electron chi connectivity index (χ0n) is 5.95. The third kappa shape index (κ3) is 1.57. The zero-order chi connectivity index (χ0) is 9.35. The van der Waals surface area contributed by atoms with Crippen molar-refractivity contribution in [3.05, 3.63) is 42.1 Å². The summed E-state index contributed by atoms with van der Waals surface area (Å²) < 4.78 is 48.6. The summed E-state index contributed by atoms with van der Waals surface area (Å²) in [5.41, 5.74) is -1.51. The van der Waals surface area contributed by atoms with Crippen LogP contribution in [0, 0.1) is 12.7 Å². The molecule has 0 aliphatic heterocycles. The lowest BCUT2D eigenvalue weighted by molar-refractivity contribution is -0.140. The molecule has 0 aliphatic rings. The average molecular weight is 177 g/mol. The van der Waals surface area contributed by atoms with Crippen LogP contribution in [0.1, 0.15) is 11.1 Å². The Hall–Kier alpha value is -1.06. The molecule has 4 heteroatoms. The zero-order valence-corrected chi connectivity index (χ0v) is 5.95. The monoisotopic (exact) mass is 177 g/mol. The van der Waals surface area contributed by atoms with Crippen molar-refractivity contribution < 1.29 is 17.6 Å². The van der Waals surface area contributed by atoms with Gasteiger partial charge < -0.3 is 0 Å². The molecule has 1 rings (SSSR count). The Kier molecular flexibility index (Phi) is 2.08. The Labute approximate surface area is 66.8 Å². The third-order valence-electron chi connectivity index (χ3n) is 1.38. The highest BCUT2D eigenvalue weighted by molar-refractivity contribution is 5.29. The molecular weight excluding hydrogens is 172 g/mol. The van der Waals surface area contributed by atoms with E-state index in [-0.39, 0.29) is 5.56 Å². The van der Waals surface area contributed by atoms with Gasteiger partial charge >= 0.3 is 6.18 Å². The number of alkyl halides is 3. The maximum absolute atomic E-state index is 12.7. The molecule has 0 heterocycles. The molecule has 0 unspecified atom stereocenters. The van der Waals surface area contributed by atoms with E-state index in [1.165, 1.54) is 6.07 Å². The highest BCUT2D eigenvalue weighted by Gasteiger charge is 2.34. The molecule has 65 valence electrons. The first-order valence-electron chi connectivity index (χ1n) is 3.10.